The number of carbonyl (C=O) groups excluding carboxylic acids is 3. The molecule has 11 nitrogen and oxygen atoms in total. The molecule has 8 rings (SSSR count). The summed E-state index contributed by atoms with van der Waals surface area (Å²) in [4.78, 5) is 49.5. The van der Waals surface area contributed by atoms with E-state index in [1.165, 1.54) is 17.8 Å². The molecule has 3 amide bonds. The number of allylic oxidation sites excluding steroid dienone is 3. The predicted octanol–water partition coefficient (Wildman–Crippen LogP) is 5.81. The van der Waals surface area contributed by atoms with Gasteiger partial charge in [-0.1, -0.05) is 29.8 Å². The summed E-state index contributed by atoms with van der Waals surface area (Å²) in [6.07, 6.45) is 11.3. The molecule has 56 heavy (non-hydrogen) atoms. The summed E-state index contributed by atoms with van der Waals surface area (Å²) < 4.78 is 0. The van der Waals surface area contributed by atoms with Crippen LogP contribution in [0.25, 0.3) is 0 Å². The van der Waals surface area contributed by atoms with E-state index in [0.717, 1.165) is 108 Å². The quantitative estimate of drug-likeness (QED) is 0.321. The van der Waals surface area contributed by atoms with E-state index in [1.54, 1.807) is 0 Å². The van der Waals surface area contributed by atoms with Crippen molar-refractivity contribution in [2.45, 2.75) is 70.4 Å². The van der Waals surface area contributed by atoms with E-state index in [1.807, 2.05) is 41.3 Å². The van der Waals surface area contributed by atoms with Gasteiger partial charge in [0.2, 0.25) is 11.8 Å². The zero-order chi connectivity index (χ0) is 38.8. The fourth-order valence-electron chi connectivity index (χ4n) is 9.98. The number of likely N-dealkylation sites (tertiary alicyclic amines) is 2. The van der Waals surface area contributed by atoms with Crippen LogP contribution in [0.3, 0.4) is 0 Å². The Balaban J connectivity index is 0.768. The molecule has 1 aliphatic carbocycles. The lowest BCUT2D eigenvalue weighted by Gasteiger charge is -2.41. The molecule has 5 heterocycles. The molecule has 0 saturated carbocycles. The number of piperidine rings is 3. The number of halogens is 1. The first-order valence-electron chi connectivity index (χ1n) is 20.7. The average molecular weight is 779 g/mol. The van der Waals surface area contributed by atoms with Crippen LogP contribution < -0.4 is 20.4 Å². The third-order valence-electron chi connectivity index (χ3n) is 13.3. The lowest BCUT2D eigenvalue weighted by molar-refractivity contribution is -0.133. The number of carbonyl (C=O) groups is 3. The number of nitrogens with zero attached hydrogens (tertiary/aromatic N) is 6. The Morgan fingerprint density at radius 1 is 0.946 bits per heavy atom. The van der Waals surface area contributed by atoms with Crippen molar-refractivity contribution in [3.63, 3.8) is 0 Å². The SMILES string of the molecule is C[C@@H]1CC2(CCN(c3ccc(C(=O)N4CCC(CN5CCN(c6ccccc6NC6CCC(=O)NC6=O)CC5)CC4)cc3)CC2)CN1C1=CCC(C#N)C(Cl)=C1. The number of amides is 3. The van der Waals surface area contributed by atoms with Gasteiger partial charge in [0.05, 0.1) is 23.4 Å². The van der Waals surface area contributed by atoms with Crippen molar-refractivity contribution in [3.8, 4) is 6.07 Å². The molecule has 2 unspecified atom stereocenters. The van der Waals surface area contributed by atoms with Crippen LogP contribution >= 0.6 is 11.6 Å². The van der Waals surface area contributed by atoms with Crippen LogP contribution in [0.2, 0.25) is 0 Å². The minimum atomic E-state index is -0.403. The van der Waals surface area contributed by atoms with E-state index in [9.17, 15) is 19.6 Å². The van der Waals surface area contributed by atoms with Gasteiger partial charge >= 0.3 is 0 Å². The van der Waals surface area contributed by atoms with Crippen molar-refractivity contribution in [2.24, 2.45) is 17.3 Å². The summed E-state index contributed by atoms with van der Waals surface area (Å²) in [5.41, 5.74) is 5.47. The predicted molar refractivity (Wildman–Crippen MR) is 220 cm³/mol. The zero-order valence-corrected chi connectivity index (χ0v) is 33.4. The molecule has 2 aromatic carbocycles. The van der Waals surface area contributed by atoms with Gasteiger partial charge in [0, 0.05) is 99.9 Å². The third-order valence-corrected chi connectivity index (χ3v) is 13.7. The van der Waals surface area contributed by atoms with Gasteiger partial charge in [0.15, 0.2) is 0 Å². The van der Waals surface area contributed by atoms with Gasteiger partial charge in [-0.2, -0.15) is 5.26 Å². The first kappa shape index (κ1) is 38.3. The molecular weight excluding hydrogens is 724 g/mol. The van der Waals surface area contributed by atoms with Crippen LogP contribution in [0.1, 0.15) is 68.6 Å². The number of nitriles is 1. The number of hydrogen-bond donors (Lipinski definition) is 2. The molecule has 296 valence electrons. The number of hydrogen-bond acceptors (Lipinski definition) is 9. The normalized spacial score (nSPS) is 26.1. The first-order valence-corrected chi connectivity index (χ1v) is 21.1. The molecule has 3 atom stereocenters. The van der Waals surface area contributed by atoms with Crippen LogP contribution in [0.4, 0.5) is 17.1 Å². The van der Waals surface area contributed by atoms with Crippen LogP contribution in [-0.2, 0) is 9.59 Å². The fourth-order valence-corrected chi connectivity index (χ4v) is 10.2. The van der Waals surface area contributed by atoms with E-state index in [4.69, 9.17) is 11.6 Å². The molecule has 12 heteroatoms. The van der Waals surface area contributed by atoms with Gasteiger partial charge in [-0.15, -0.1) is 0 Å². The van der Waals surface area contributed by atoms with Gasteiger partial charge in [0.25, 0.3) is 5.91 Å². The maximum atomic E-state index is 13.6. The van der Waals surface area contributed by atoms with Gasteiger partial charge in [-0.3, -0.25) is 24.6 Å². The summed E-state index contributed by atoms with van der Waals surface area (Å²) in [7, 11) is 0. The Morgan fingerprint density at radius 2 is 1.68 bits per heavy atom. The van der Waals surface area contributed by atoms with Crippen molar-refractivity contribution in [1.29, 1.82) is 5.26 Å². The minimum absolute atomic E-state index is 0.137. The number of piperazine rings is 1. The van der Waals surface area contributed by atoms with Crippen molar-refractivity contribution >= 4 is 46.4 Å². The number of rotatable bonds is 8. The summed E-state index contributed by atoms with van der Waals surface area (Å²) in [6.45, 7) is 11.8. The van der Waals surface area contributed by atoms with E-state index < -0.39 is 6.04 Å². The summed E-state index contributed by atoms with van der Waals surface area (Å²) in [5, 5.41) is 15.9. The first-order chi connectivity index (χ1) is 27.2. The highest BCUT2D eigenvalue weighted by molar-refractivity contribution is 6.30. The van der Waals surface area contributed by atoms with E-state index in [-0.39, 0.29) is 23.6 Å². The maximum absolute atomic E-state index is 13.6. The van der Waals surface area contributed by atoms with Crippen LogP contribution in [0.15, 0.2) is 71.4 Å². The van der Waals surface area contributed by atoms with Gasteiger partial charge in [0.1, 0.15) is 6.04 Å². The molecule has 6 aliphatic rings. The maximum Gasteiger partial charge on any atom is 0.253 e. The molecule has 5 fully saturated rings. The van der Waals surface area contributed by atoms with Gasteiger partial charge in [-0.25, -0.2) is 0 Å². The second-order valence-corrected chi connectivity index (χ2v) is 17.4. The zero-order valence-electron chi connectivity index (χ0n) is 32.6. The highest BCUT2D eigenvalue weighted by atomic mass is 35.5. The van der Waals surface area contributed by atoms with E-state index in [2.05, 4.69) is 67.5 Å². The molecule has 0 aromatic heterocycles. The van der Waals surface area contributed by atoms with Crippen molar-refractivity contribution in [2.75, 3.05) is 80.6 Å². The highest BCUT2D eigenvalue weighted by Gasteiger charge is 2.45. The van der Waals surface area contributed by atoms with Gasteiger partial charge < -0.3 is 24.9 Å². The third kappa shape index (κ3) is 8.28. The molecule has 0 radical (unpaired) electrons. The highest BCUT2D eigenvalue weighted by Crippen LogP contribution is 2.46. The fraction of sp³-hybridized carbons (Fsp3) is 0.545. The standard InChI is InChI=1S/C44H55ClN8O3/c1-31-27-44(30-53(31)36-11-8-34(28-46)37(45)26-36)16-20-50(21-17-44)35-9-6-33(7-10-35)43(56)52-18-14-32(15-19-52)29-49-22-24-51(25-23-49)40-5-3-2-4-38(40)47-39-12-13-41(54)48-42(39)55/h2-7,9-11,26,31-32,34,39,47H,8,12-25,27,29-30H2,1H3,(H,48,54,55)/t31-,34?,39?/m1/s1. The van der Waals surface area contributed by atoms with Crippen LogP contribution in [-0.4, -0.2) is 110 Å². The van der Waals surface area contributed by atoms with Gasteiger partial charge in [-0.05, 0) is 106 Å². The number of nitrogens with one attached hydrogen (secondary N) is 2. The molecular formula is C44H55ClN8O3. The molecule has 0 bridgehead atoms. The minimum Gasteiger partial charge on any atom is -0.372 e. The summed E-state index contributed by atoms with van der Waals surface area (Å²) >= 11 is 6.45. The largest absolute Gasteiger partial charge is 0.372 e. The van der Waals surface area contributed by atoms with Crippen molar-refractivity contribution in [3.05, 3.63) is 77.0 Å². The molecule has 2 aromatic rings. The van der Waals surface area contributed by atoms with Crippen molar-refractivity contribution in [1.82, 2.24) is 20.0 Å². The smallest absolute Gasteiger partial charge is 0.253 e. The lowest BCUT2D eigenvalue weighted by atomic mass is 9.76. The molecule has 5 saturated heterocycles. The Morgan fingerprint density at radius 3 is 2.38 bits per heavy atom. The Hall–Kier alpha value is -4.53. The second kappa shape index (κ2) is 16.5. The average Bonchev–Trinajstić information content (AvgIpc) is 3.54. The monoisotopic (exact) mass is 778 g/mol. The van der Waals surface area contributed by atoms with E-state index in [0.29, 0.717) is 41.7 Å². The second-order valence-electron chi connectivity index (χ2n) is 17.0. The topological polar surface area (TPSA) is 115 Å². The number of benzene rings is 2. The van der Waals surface area contributed by atoms with Crippen LogP contribution in [0.5, 0.6) is 0 Å². The Labute approximate surface area is 336 Å². The summed E-state index contributed by atoms with van der Waals surface area (Å²) in [6, 6.07) is 18.8. The number of anilines is 3. The Bertz CT molecular complexity index is 1880. The van der Waals surface area contributed by atoms with Crippen molar-refractivity contribution < 1.29 is 14.4 Å². The van der Waals surface area contributed by atoms with Crippen LogP contribution in [0, 0.1) is 28.6 Å². The molecule has 2 N–H and O–H groups in total. The van der Waals surface area contributed by atoms with E-state index >= 15 is 0 Å². The molecule has 1 spiro atoms. The number of para-hydroxylation sites is 2. The molecule has 5 aliphatic heterocycles. The lowest BCUT2D eigenvalue weighted by Crippen LogP contribution is -2.50. The Kier molecular flexibility index (Phi) is 11.3. The summed E-state index contributed by atoms with van der Waals surface area (Å²) in [5.74, 6) is 0.0422. The number of imide groups is 1.